The van der Waals surface area contributed by atoms with Crippen LogP contribution in [-0.4, -0.2) is 55.5 Å². The Bertz CT molecular complexity index is 955. The highest BCUT2D eigenvalue weighted by atomic mass is 16.5. The van der Waals surface area contributed by atoms with E-state index in [-0.39, 0.29) is 30.6 Å². The Morgan fingerprint density at radius 2 is 1.71 bits per heavy atom. The Hall–Kier alpha value is -3.19. The molecule has 162 valence electrons. The molecular weight excluding hydrogens is 394 g/mol. The monoisotopic (exact) mass is 421 g/mol. The van der Waals surface area contributed by atoms with E-state index >= 15 is 0 Å². The van der Waals surface area contributed by atoms with E-state index < -0.39 is 0 Å². The van der Waals surface area contributed by atoms with Crippen molar-refractivity contribution in [1.29, 1.82) is 0 Å². The number of hydrogen-bond donors (Lipinski definition) is 1. The second-order valence-corrected chi connectivity index (χ2v) is 7.81. The summed E-state index contributed by atoms with van der Waals surface area (Å²) in [6.07, 6.45) is 1.19. The molecule has 1 N–H and O–H groups in total. The summed E-state index contributed by atoms with van der Waals surface area (Å²) in [5.41, 5.74) is 3.71. The predicted octanol–water partition coefficient (Wildman–Crippen LogP) is 2.14. The number of rotatable bonds is 6. The van der Waals surface area contributed by atoms with Gasteiger partial charge in [-0.1, -0.05) is 30.3 Å². The second kappa shape index (κ2) is 9.75. The number of benzene rings is 2. The Balaban J connectivity index is 1.28. The SMILES string of the molecule is O=C(CCC(=O)N1CCOCC1)NCc1ccc2c(c1)CCN2C(=O)c1ccccc1. The fourth-order valence-electron chi connectivity index (χ4n) is 3.99. The van der Waals surface area contributed by atoms with Crippen molar-refractivity contribution in [1.82, 2.24) is 10.2 Å². The fourth-order valence-corrected chi connectivity index (χ4v) is 3.99. The van der Waals surface area contributed by atoms with Gasteiger partial charge in [-0.15, -0.1) is 0 Å². The molecule has 4 rings (SSSR count). The quantitative estimate of drug-likeness (QED) is 0.775. The number of ether oxygens (including phenoxy) is 1. The van der Waals surface area contributed by atoms with Crippen LogP contribution in [0.4, 0.5) is 5.69 Å². The third-order valence-electron chi connectivity index (χ3n) is 5.72. The molecule has 3 amide bonds. The van der Waals surface area contributed by atoms with Crippen LogP contribution in [0.25, 0.3) is 0 Å². The van der Waals surface area contributed by atoms with Crippen molar-refractivity contribution in [2.24, 2.45) is 0 Å². The summed E-state index contributed by atoms with van der Waals surface area (Å²) in [4.78, 5) is 40.7. The van der Waals surface area contributed by atoms with Crippen LogP contribution in [0.15, 0.2) is 48.5 Å². The summed E-state index contributed by atoms with van der Waals surface area (Å²) in [7, 11) is 0. The van der Waals surface area contributed by atoms with E-state index in [2.05, 4.69) is 5.32 Å². The van der Waals surface area contributed by atoms with Crippen LogP contribution in [0.3, 0.4) is 0 Å². The fraction of sp³-hybridized carbons (Fsp3) is 0.375. The number of hydrogen-bond acceptors (Lipinski definition) is 4. The molecule has 0 bridgehead atoms. The number of carbonyl (C=O) groups is 3. The molecule has 0 radical (unpaired) electrons. The molecule has 0 atom stereocenters. The van der Waals surface area contributed by atoms with Gasteiger partial charge in [0, 0.05) is 50.3 Å². The largest absolute Gasteiger partial charge is 0.378 e. The van der Waals surface area contributed by atoms with E-state index in [0.717, 1.165) is 23.2 Å². The Kier molecular flexibility index (Phi) is 6.62. The van der Waals surface area contributed by atoms with Crippen molar-refractivity contribution in [3.8, 4) is 0 Å². The van der Waals surface area contributed by atoms with Crippen LogP contribution < -0.4 is 10.2 Å². The van der Waals surface area contributed by atoms with Crippen LogP contribution >= 0.6 is 0 Å². The summed E-state index contributed by atoms with van der Waals surface area (Å²) in [5, 5.41) is 2.89. The predicted molar refractivity (Wildman–Crippen MR) is 117 cm³/mol. The van der Waals surface area contributed by atoms with Gasteiger partial charge in [0.1, 0.15) is 0 Å². The van der Waals surface area contributed by atoms with Crippen LogP contribution in [0, 0.1) is 0 Å². The molecule has 2 aliphatic rings. The zero-order valence-corrected chi connectivity index (χ0v) is 17.5. The first kappa shape index (κ1) is 21.1. The maximum atomic E-state index is 12.8. The lowest BCUT2D eigenvalue weighted by Gasteiger charge is -2.26. The molecule has 2 aliphatic heterocycles. The number of nitrogens with zero attached hydrogens (tertiary/aromatic N) is 2. The van der Waals surface area contributed by atoms with Gasteiger partial charge in [0.15, 0.2) is 0 Å². The lowest BCUT2D eigenvalue weighted by molar-refractivity contribution is -0.137. The third kappa shape index (κ3) is 5.11. The minimum Gasteiger partial charge on any atom is -0.378 e. The molecule has 2 aromatic rings. The van der Waals surface area contributed by atoms with Gasteiger partial charge in [0.25, 0.3) is 5.91 Å². The van der Waals surface area contributed by atoms with Crippen LogP contribution in [0.5, 0.6) is 0 Å². The van der Waals surface area contributed by atoms with Gasteiger partial charge in [-0.05, 0) is 35.7 Å². The second-order valence-electron chi connectivity index (χ2n) is 7.81. The van der Waals surface area contributed by atoms with Crippen molar-refractivity contribution in [3.63, 3.8) is 0 Å². The molecule has 0 unspecified atom stereocenters. The molecule has 0 saturated carbocycles. The highest BCUT2D eigenvalue weighted by molar-refractivity contribution is 6.07. The van der Waals surface area contributed by atoms with E-state index in [0.29, 0.717) is 45.0 Å². The first-order chi connectivity index (χ1) is 15.1. The van der Waals surface area contributed by atoms with E-state index in [4.69, 9.17) is 4.74 Å². The number of morpholine rings is 1. The summed E-state index contributed by atoms with van der Waals surface area (Å²) in [6.45, 7) is 3.38. The van der Waals surface area contributed by atoms with Crippen LogP contribution in [0.2, 0.25) is 0 Å². The highest BCUT2D eigenvalue weighted by Gasteiger charge is 2.25. The number of amides is 3. The Morgan fingerprint density at radius 3 is 2.48 bits per heavy atom. The van der Waals surface area contributed by atoms with Gasteiger partial charge in [-0.3, -0.25) is 14.4 Å². The normalized spacial score (nSPS) is 15.5. The number of anilines is 1. The lowest BCUT2D eigenvalue weighted by Crippen LogP contribution is -2.41. The molecule has 7 heteroatoms. The molecule has 1 saturated heterocycles. The summed E-state index contributed by atoms with van der Waals surface area (Å²) in [6, 6.07) is 15.2. The third-order valence-corrected chi connectivity index (χ3v) is 5.72. The molecule has 0 aliphatic carbocycles. The molecule has 31 heavy (non-hydrogen) atoms. The van der Waals surface area contributed by atoms with Gasteiger partial charge in [-0.2, -0.15) is 0 Å². The molecular formula is C24H27N3O4. The first-order valence-corrected chi connectivity index (χ1v) is 10.7. The van der Waals surface area contributed by atoms with Gasteiger partial charge in [-0.25, -0.2) is 0 Å². The van der Waals surface area contributed by atoms with Gasteiger partial charge >= 0.3 is 0 Å². The van der Waals surface area contributed by atoms with Crippen molar-refractivity contribution in [2.45, 2.75) is 25.8 Å². The topological polar surface area (TPSA) is 79.0 Å². The van der Waals surface area contributed by atoms with Crippen LogP contribution in [0.1, 0.15) is 34.3 Å². The minimum absolute atomic E-state index is 0.000782. The van der Waals surface area contributed by atoms with E-state index in [1.807, 2.05) is 53.4 Å². The van der Waals surface area contributed by atoms with Gasteiger partial charge < -0.3 is 19.9 Å². The molecule has 7 nitrogen and oxygen atoms in total. The molecule has 2 heterocycles. The number of nitrogens with one attached hydrogen (secondary N) is 1. The smallest absolute Gasteiger partial charge is 0.258 e. The maximum absolute atomic E-state index is 12.8. The van der Waals surface area contributed by atoms with E-state index in [1.54, 1.807) is 4.90 Å². The van der Waals surface area contributed by atoms with Crippen molar-refractivity contribution >= 4 is 23.4 Å². The van der Waals surface area contributed by atoms with Gasteiger partial charge in [0.05, 0.1) is 13.2 Å². The van der Waals surface area contributed by atoms with Crippen molar-refractivity contribution in [3.05, 3.63) is 65.2 Å². The number of fused-ring (bicyclic) bond motifs is 1. The molecule has 0 spiro atoms. The first-order valence-electron chi connectivity index (χ1n) is 10.7. The van der Waals surface area contributed by atoms with E-state index in [9.17, 15) is 14.4 Å². The maximum Gasteiger partial charge on any atom is 0.258 e. The summed E-state index contributed by atoms with van der Waals surface area (Å²) in [5.74, 6) is -0.132. The Labute approximate surface area is 182 Å². The summed E-state index contributed by atoms with van der Waals surface area (Å²) < 4.78 is 5.24. The zero-order valence-electron chi connectivity index (χ0n) is 17.5. The number of carbonyl (C=O) groups excluding carboxylic acids is 3. The molecule has 1 fully saturated rings. The molecule has 0 aromatic heterocycles. The lowest BCUT2D eigenvalue weighted by atomic mass is 10.1. The van der Waals surface area contributed by atoms with Crippen LogP contribution in [-0.2, 0) is 27.3 Å². The highest BCUT2D eigenvalue weighted by Crippen LogP contribution is 2.30. The standard InChI is InChI=1S/C24H27N3O4/c28-22(8-9-23(29)26-12-14-31-15-13-26)25-17-18-6-7-21-20(16-18)10-11-27(21)24(30)19-4-2-1-3-5-19/h1-7,16H,8-15,17H2,(H,25,28). The Morgan fingerprint density at radius 1 is 0.935 bits per heavy atom. The summed E-state index contributed by atoms with van der Waals surface area (Å²) >= 11 is 0. The zero-order chi connectivity index (χ0) is 21.6. The minimum atomic E-state index is -0.136. The average molecular weight is 421 g/mol. The van der Waals surface area contributed by atoms with E-state index in [1.165, 1.54) is 0 Å². The van der Waals surface area contributed by atoms with Gasteiger partial charge in [0.2, 0.25) is 11.8 Å². The van der Waals surface area contributed by atoms with Crippen molar-refractivity contribution in [2.75, 3.05) is 37.7 Å². The molecule has 2 aromatic carbocycles. The van der Waals surface area contributed by atoms with Crippen molar-refractivity contribution < 1.29 is 19.1 Å². The average Bonchev–Trinajstić information content (AvgIpc) is 3.25.